The lowest BCUT2D eigenvalue weighted by Crippen LogP contribution is -2.54. The molecule has 0 aromatic heterocycles. The molecule has 2 heterocycles. The summed E-state index contributed by atoms with van der Waals surface area (Å²) < 4.78 is 0. The van der Waals surface area contributed by atoms with Crippen molar-refractivity contribution in [1.29, 1.82) is 0 Å². The number of fused-ring (bicyclic) bond motifs is 1. The van der Waals surface area contributed by atoms with Gasteiger partial charge in [0.1, 0.15) is 0 Å². The lowest BCUT2D eigenvalue weighted by Gasteiger charge is -2.41. The van der Waals surface area contributed by atoms with E-state index in [4.69, 9.17) is 0 Å². The fourth-order valence-electron chi connectivity index (χ4n) is 2.38. The van der Waals surface area contributed by atoms with Crippen LogP contribution in [0, 0.1) is 0 Å². The van der Waals surface area contributed by atoms with E-state index in [1.165, 1.54) is 0 Å². The first-order valence-electron chi connectivity index (χ1n) is 4.63. The maximum Gasteiger partial charge on any atom is 0.223 e. The van der Waals surface area contributed by atoms with E-state index in [1.54, 1.807) is 0 Å². The second-order valence-corrected chi connectivity index (χ2v) is 4.10. The highest BCUT2D eigenvalue weighted by Crippen LogP contribution is 2.34. The molecule has 2 aliphatic rings. The average molecular weight is 169 g/mol. The number of rotatable bonds is 0. The van der Waals surface area contributed by atoms with Crippen LogP contribution in [0.15, 0.2) is 0 Å². The number of carbonyl (C=O) groups is 1. The van der Waals surface area contributed by atoms with E-state index < -0.39 is 5.60 Å². The second-order valence-electron chi connectivity index (χ2n) is 4.10. The van der Waals surface area contributed by atoms with Crippen molar-refractivity contribution in [3.05, 3.63) is 0 Å². The first-order chi connectivity index (χ1) is 5.61. The van der Waals surface area contributed by atoms with Gasteiger partial charge in [-0.25, -0.2) is 0 Å². The summed E-state index contributed by atoms with van der Waals surface area (Å²) in [6.45, 7) is 2.70. The van der Waals surface area contributed by atoms with Gasteiger partial charge >= 0.3 is 0 Å². The van der Waals surface area contributed by atoms with Gasteiger partial charge in [0.15, 0.2) is 0 Å². The fourth-order valence-corrected chi connectivity index (χ4v) is 2.38. The zero-order valence-corrected chi connectivity index (χ0v) is 7.42. The van der Waals surface area contributed by atoms with Crippen molar-refractivity contribution >= 4 is 5.91 Å². The SMILES string of the molecule is C[C@]1(O)CCC(=O)N2CCC[C@H]21. The molecule has 0 unspecified atom stereocenters. The molecule has 1 N–H and O–H groups in total. The van der Waals surface area contributed by atoms with Gasteiger partial charge < -0.3 is 10.0 Å². The number of amides is 1. The minimum Gasteiger partial charge on any atom is -0.388 e. The monoisotopic (exact) mass is 169 g/mol. The second kappa shape index (κ2) is 2.46. The third-order valence-corrected chi connectivity index (χ3v) is 3.14. The summed E-state index contributed by atoms with van der Waals surface area (Å²) in [6.07, 6.45) is 3.17. The van der Waals surface area contributed by atoms with Crippen molar-refractivity contribution in [3.8, 4) is 0 Å². The maximum atomic E-state index is 11.4. The van der Waals surface area contributed by atoms with Crippen molar-refractivity contribution in [2.75, 3.05) is 6.54 Å². The predicted octanol–water partition coefficient (Wildman–Crippen LogP) is 0.522. The Morgan fingerprint density at radius 3 is 3.08 bits per heavy atom. The van der Waals surface area contributed by atoms with Crippen molar-refractivity contribution < 1.29 is 9.90 Å². The van der Waals surface area contributed by atoms with Crippen molar-refractivity contribution in [2.45, 2.75) is 44.2 Å². The van der Waals surface area contributed by atoms with Crippen LogP contribution < -0.4 is 0 Å². The number of aliphatic hydroxyl groups is 1. The smallest absolute Gasteiger partial charge is 0.223 e. The Kier molecular flexibility index (Phi) is 1.65. The van der Waals surface area contributed by atoms with Gasteiger partial charge in [-0.1, -0.05) is 0 Å². The molecule has 0 aromatic rings. The van der Waals surface area contributed by atoms with Crippen LogP contribution in [0.3, 0.4) is 0 Å². The third-order valence-electron chi connectivity index (χ3n) is 3.14. The van der Waals surface area contributed by atoms with Crippen LogP contribution in [0.5, 0.6) is 0 Å². The van der Waals surface area contributed by atoms with Crippen LogP contribution in [0.4, 0.5) is 0 Å². The predicted molar refractivity (Wildman–Crippen MR) is 44.6 cm³/mol. The lowest BCUT2D eigenvalue weighted by atomic mass is 9.86. The molecule has 0 bridgehead atoms. The van der Waals surface area contributed by atoms with Crippen LogP contribution in [0.2, 0.25) is 0 Å². The first kappa shape index (κ1) is 8.05. The van der Waals surface area contributed by atoms with E-state index in [2.05, 4.69) is 0 Å². The van der Waals surface area contributed by atoms with E-state index in [0.29, 0.717) is 12.8 Å². The summed E-state index contributed by atoms with van der Waals surface area (Å²) in [4.78, 5) is 13.2. The Morgan fingerprint density at radius 1 is 1.67 bits per heavy atom. The molecule has 0 aliphatic carbocycles. The Balaban J connectivity index is 2.22. The molecule has 2 aliphatic heterocycles. The fraction of sp³-hybridized carbons (Fsp3) is 0.889. The van der Waals surface area contributed by atoms with Crippen LogP contribution in [-0.2, 0) is 4.79 Å². The van der Waals surface area contributed by atoms with E-state index in [-0.39, 0.29) is 11.9 Å². The Bertz CT molecular complexity index is 213. The van der Waals surface area contributed by atoms with Gasteiger partial charge in [0.25, 0.3) is 0 Å². The summed E-state index contributed by atoms with van der Waals surface area (Å²) in [5.74, 6) is 0.226. The highest BCUT2D eigenvalue weighted by Gasteiger charge is 2.44. The van der Waals surface area contributed by atoms with Gasteiger partial charge in [0.2, 0.25) is 5.91 Å². The molecular formula is C9H15NO2. The van der Waals surface area contributed by atoms with E-state index in [0.717, 1.165) is 19.4 Å². The number of hydrogen-bond acceptors (Lipinski definition) is 2. The molecule has 0 saturated carbocycles. The normalized spacial score (nSPS) is 41.7. The summed E-state index contributed by atoms with van der Waals surface area (Å²) in [5, 5.41) is 9.97. The molecule has 0 spiro atoms. The van der Waals surface area contributed by atoms with E-state index in [1.807, 2.05) is 11.8 Å². The Labute approximate surface area is 72.4 Å². The molecule has 2 saturated heterocycles. The number of carbonyl (C=O) groups excluding carboxylic acids is 1. The first-order valence-corrected chi connectivity index (χ1v) is 4.63. The van der Waals surface area contributed by atoms with Gasteiger partial charge in [-0.05, 0) is 26.2 Å². The summed E-state index contributed by atoms with van der Waals surface area (Å²) in [5.41, 5.74) is -0.635. The van der Waals surface area contributed by atoms with Crippen molar-refractivity contribution in [1.82, 2.24) is 4.90 Å². The minimum absolute atomic E-state index is 0.0961. The number of nitrogens with zero attached hydrogens (tertiary/aromatic N) is 1. The average Bonchev–Trinajstić information content (AvgIpc) is 2.46. The molecule has 2 fully saturated rings. The Morgan fingerprint density at radius 2 is 2.42 bits per heavy atom. The number of piperidine rings is 1. The van der Waals surface area contributed by atoms with Gasteiger partial charge in [0.05, 0.1) is 11.6 Å². The van der Waals surface area contributed by atoms with Crippen molar-refractivity contribution in [3.63, 3.8) is 0 Å². The molecule has 3 heteroatoms. The molecule has 2 atom stereocenters. The minimum atomic E-state index is -0.635. The summed E-state index contributed by atoms with van der Waals surface area (Å²) in [6, 6.07) is 0.0961. The molecule has 0 aromatic carbocycles. The largest absolute Gasteiger partial charge is 0.388 e. The number of hydrogen-bond donors (Lipinski definition) is 1. The van der Waals surface area contributed by atoms with Crippen LogP contribution >= 0.6 is 0 Å². The van der Waals surface area contributed by atoms with Gasteiger partial charge in [0, 0.05) is 13.0 Å². The molecule has 0 radical (unpaired) electrons. The molecule has 3 nitrogen and oxygen atoms in total. The molecular weight excluding hydrogens is 154 g/mol. The molecule has 12 heavy (non-hydrogen) atoms. The topological polar surface area (TPSA) is 40.5 Å². The highest BCUT2D eigenvalue weighted by atomic mass is 16.3. The zero-order valence-electron chi connectivity index (χ0n) is 7.42. The lowest BCUT2D eigenvalue weighted by molar-refractivity contribution is -0.146. The third kappa shape index (κ3) is 1.04. The summed E-state index contributed by atoms with van der Waals surface area (Å²) in [7, 11) is 0. The van der Waals surface area contributed by atoms with E-state index >= 15 is 0 Å². The van der Waals surface area contributed by atoms with Gasteiger partial charge in [-0.2, -0.15) is 0 Å². The van der Waals surface area contributed by atoms with Crippen LogP contribution in [0.25, 0.3) is 0 Å². The van der Waals surface area contributed by atoms with Crippen LogP contribution in [-0.4, -0.2) is 34.1 Å². The van der Waals surface area contributed by atoms with Gasteiger partial charge in [-0.3, -0.25) is 4.79 Å². The summed E-state index contributed by atoms with van der Waals surface area (Å²) >= 11 is 0. The standard InChI is InChI=1S/C9H15NO2/c1-9(12)5-4-8(11)10-6-2-3-7(9)10/h7,12H,2-6H2,1H3/t7-,9-/m0/s1. The van der Waals surface area contributed by atoms with E-state index in [9.17, 15) is 9.90 Å². The van der Waals surface area contributed by atoms with Gasteiger partial charge in [-0.15, -0.1) is 0 Å². The van der Waals surface area contributed by atoms with Crippen LogP contribution in [0.1, 0.15) is 32.6 Å². The highest BCUT2D eigenvalue weighted by molar-refractivity contribution is 5.78. The molecule has 1 amide bonds. The molecule has 68 valence electrons. The quantitative estimate of drug-likeness (QED) is 0.574. The van der Waals surface area contributed by atoms with Crippen molar-refractivity contribution in [2.24, 2.45) is 0 Å². The molecule has 2 rings (SSSR count). The maximum absolute atomic E-state index is 11.4. The zero-order chi connectivity index (χ0) is 8.77. The Hall–Kier alpha value is -0.570.